The van der Waals surface area contributed by atoms with E-state index in [9.17, 15) is 18.0 Å². The largest absolute Gasteiger partial charge is 0.469 e. The van der Waals surface area contributed by atoms with E-state index in [1.54, 1.807) is 12.1 Å². The van der Waals surface area contributed by atoms with Gasteiger partial charge in [-0.1, -0.05) is 0 Å². The standard InChI is InChI=1S/C23H20F3NO2/c1-29-22(28)14-10-23(11-14)8-13(9-23)19-17-6-16(25)7-18(26)21(17)27-20(19)12-2-4-15(24)5-3-12/h2-7,13-14,27H,8-11H2,1H3. The molecule has 0 unspecified atom stereocenters. The van der Waals surface area contributed by atoms with Gasteiger partial charge in [-0.25, -0.2) is 13.2 Å². The zero-order valence-corrected chi connectivity index (χ0v) is 15.9. The number of aromatic nitrogens is 1. The number of benzene rings is 2. The Balaban J connectivity index is 1.52. The molecule has 1 heterocycles. The highest BCUT2D eigenvalue weighted by Crippen LogP contribution is 2.65. The van der Waals surface area contributed by atoms with Gasteiger partial charge in [-0.05, 0) is 78.5 Å². The molecular weight excluding hydrogens is 379 g/mol. The number of halogens is 3. The number of esters is 1. The molecule has 150 valence electrons. The van der Waals surface area contributed by atoms with Crippen LogP contribution in [0.5, 0.6) is 0 Å². The van der Waals surface area contributed by atoms with Crippen LogP contribution in [-0.2, 0) is 9.53 Å². The highest BCUT2D eigenvalue weighted by Gasteiger charge is 2.56. The lowest BCUT2D eigenvalue weighted by atomic mass is 9.47. The number of carbonyl (C=O) groups is 1. The van der Waals surface area contributed by atoms with Gasteiger partial charge in [0.15, 0.2) is 0 Å². The lowest BCUT2D eigenvalue weighted by Crippen LogP contribution is -2.49. The molecule has 6 heteroatoms. The van der Waals surface area contributed by atoms with Gasteiger partial charge in [-0.2, -0.15) is 0 Å². The smallest absolute Gasteiger partial charge is 0.308 e. The van der Waals surface area contributed by atoms with Gasteiger partial charge in [0, 0.05) is 11.5 Å². The molecule has 0 aliphatic heterocycles. The second-order valence-electron chi connectivity index (χ2n) is 8.46. The highest BCUT2D eigenvalue weighted by molar-refractivity contribution is 5.92. The molecule has 0 radical (unpaired) electrons. The lowest BCUT2D eigenvalue weighted by Gasteiger charge is -2.57. The van der Waals surface area contributed by atoms with Crippen LogP contribution in [0.25, 0.3) is 22.2 Å². The molecule has 0 bridgehead atoms. The van der Waals surface area contributed by atoms with Crippen molar-refractivity contribution in [2.24, 2.45) is 11.3 Å². The van der Waals surface area contributed by atoms with Crippen LogP contribution < -0.4 is 0 Å². The molecule has 2 aliphatic carbocycles. The number of ether oxygens (including phenoxy) is 1. The number of methoxy groups -OCH3 is 1. The van der Waals surface area contributed by atoms with Gasteiger partial charge in [0.2, 0.25) is 0 Å². The molecular formula is C23H20F3NO2. The van der Waals surface area contributed by atoms with E-state index >= 15 is 0 Å². The summed E-state index contributed by atoms with van der Waals surface area (Å²) in [6.07, 6.45) is 3.32. The number of nitrogens with one attached hydrogen (secondary N) is 1. The molecule has 1 N–H and O–H groups in total. The number of H-pyrrole nitrogens is 1. The quantitative estimate of drug-likeness (QED) is 0.574. The molecule has 0 atom stereocenters. The molecule has 2 aromatic carbocycles. The molecule has 2 saturated carbocycles. The normalized spacial score (nSPS) is 25.7. The Morgan fingerprint density at radius 3 is 2.38 bits per heavy atom. The first-order valence-electron chi connectivity index (χ1n) is 9.73. The van der Waals surface area contributed by atoms with E-state index < -0.39 is 11.6 Å². The van der Waals surface area contributed by atoms with Gasteiger partial charge in [-0.3, -0.25) is 4.79 Å². The number of aromatic amines is 1. The van der Waals surface area contributed by atoms with Crippen LogP contribution in [0.3, 0.4) is 0 Å². The average molecular weight is 399 g/mol. The number of carbonyl (C=O) groups excluding carboxylic acids is 1. The van der Waals surface area contributed by atoms with E-state index in [1.165, 1.54) is 25.3 Å². The summed E-state index contributed by atoms with van der Waals surface area (Å²) in [5, 5.41) is 0.533. The van der Waals surface area contributed by atoms with Crippen LogP contribution in [0.2, 0.25) is 0 Å². The first kappa shape index (κ1) is 18.3. The van der Waals surface area contributed by atoms with E-state index in [2.05, 4.69) is 4.98 Å². The van der Waals surface area contributed by atoms with Gasteiger partial charge >= 0.3 is 5.97 Å². The van der Waals surface area contributed by atoms with E-state index in [0.29, 0.717) is 11.1 Å². The first-order valence-corrected chi connectivity index (χ1v) is 9.73. The number of rotatable bonds is 3. The summed E-state index contributed by atoms with van der Waals surface area (Å²) < 4.78 is 46.6. The minimum atomic E-state index is -0.641. The Labute approximate surface area is 165 Å². The number of hydrogen-bond acceptors (Lipinski definition) is 2. The zero-order chi connectivity index (χ0) is 20.3. The van der Waals surface area contributed by atoms with Gasteiger partial charge in [0.1, 0.15) is 17.5 Å². The van der Waals surface area contributed by atoms with Crippen molar-refractivity contribution in [2.75, 3.05) is 7.11 Å². The SMILES string of the molecule is COC(=O)C1CC2(C1)CC(c1c(-c3ccc(F)cc3)[nH]c3c(F)cc(F)cc13)C2. The monoisotopic (exact) mass is 399 g/mol. The molecule has 29 heavy (non-hydrogen) atoms. The lowest BCUT2D eigenvalue weighted by molar-refractivity contribution is -0.159. The van der Waals surface area contributed by atoms with E-state index in [4.69, 9.17) is 4.74 Å². The predicted octanol–water partition coefficient (Wildman–Crippen LogP) is 5.70. The molecule has 2 fully saturated rings. The average Bonchev–Trinajstić information content (AvgIpc) is 2.99. The fourth-order valence-electron chi connectivity index (χ4n) is 5.35. The summed E-state index contributed by atoms with van der Waals surface area (Å²) in [5.74, 6) is -1.70. The summed E-state index contributed by atoms with van der Waals surface area (Å²) >= 11 is 0. The van der Waals surface area contributed by atoms with Crippen molar-refractivity contribution in [1.29, 1.82) is 0 Å². The molecule has 0 amide bonds. The van der Waals surface area contributed by atoms with Gasteiger partial charge < -0.3 is 9.72 Å². The summed E-state index contributed by atoms with van der Waals surface area (Å²) in [4.78, 5) is 14.8. The predicted molar refractivity (Wildman–Crippen MR) is 103 cm³/mol. The van der Waals surface area contributed by atoms with Crippen LogP contribution in [0.4, 0.5) is 13.2 Å². The van der Waals surface area contributed by atoms with Crippen LogP contribution in [0.1, 0.15) is 37.2 Å². The van der Waals surface area contributed by atoms with Crippen molar-refractivity contribution < 1.29 is 22.7 Å². The highest BCUT2D eigenvalue weighted by atomic mass is 19.1. The maximum absolute atomic E-state index is 14.4. The van der Waals surface area contributed by atoms with Crippen LogP contribution >= 0.6 is 0 Å². The molecule has 3 nitrogen and oxygen atoms in total. The van der Waals surface area contributed by atoms with Gasteiger partial charge in [0.05, 0.1) is 24.2 Å². The Hall–Kier alpha value is -2.76. The van der Waals surface area contributed by atoms with Crippen molar-refractivity contribution in [3.8, 4) is 11.3 Å². The third-order valence-electron chi connectivity index (χ3n) is 6.66. The first-order chi connectivity index (χ1) is 13.9. The molecule has 5 rings (SSSR count). The Morgan fingerprint density at radius 2 is 1.72 bits per heavy atom. The Bertz CT molecular complexity index is 1110. The molecule has 1 aromatic heterocycles. The summed E-state index contributed by atoms with van der Waals surface area (Å²) in [6, 6.07) is 8.23. The van der Waals surface area contributed by atoms with Gasteiger partial charge in [-0.15, -0.1) is 0 Å². The molecule has 1 spiro atoms. The second kappa shape index (κ2) is 6.37. The van der Waals surface area contributed by atoms with Crippen LogP contribution in [0.15, 0.2) is 36.4 Å². The van der Waals surface area contributed by atoms with Gasteiger partial charge in [0.25, 0.3) is 0 Å². The minimum absolute atomic E-state index is 0.0459. The Morgan fingerprint density at radius 1 is 1.03 bits per heavy atom. The van der Waals surface area contributed by atoms with Crippen LogP contribution in [-0.4, -0.2) is 18.1 Å². The summed E-state index contributed by atoms with van der Waals surface area (Å²) in [6.45, 7) is 0. The number of fused-ring (bicyclic) bond motifs is 1. The third-order valence-corrected chi connectivity index (χ3v) is 6.66. The van der Waals surface area contributed by atoms with E-state index in [1.807, 2.05) is 0 Å². The fourth-order valence-corrected chi connectivity index (χ4v) is 5.35. The van der Waals surface area contributed by atoms with E-state index in [0.717, 1.165) is 42.9 Å². The zero-order valence-electron chi connectivity index (χ0n) is 15.9. The van der Waals surface area contributed by atoms with Crippen LogP contribution in [0, 0.1) is 28.8 Å². The maximum Gasteiger partial charge on any atom is 0.308 e. The van der Waals surface area contributed by atoms with Crippen molar-refractivity contribution in [1.82, 2.24) is 4.98 Å². The molecule has 3 aromatic rings. The minimum Gasteiger partial charge on any atom is -0.469 e. The van der Waals surface area contributed by atoms with Crippen molar-refractivity contribution in [3.63, 3.8) is 0 Å². The second-order valence-corrected chi connectivity index (χ2v) is 8.46. The maximum atomic E-state index is 14.4. The Kier molecular flexibility index (Phi) is 4.02. The van der Waals surface area contributed by atoms with Crippen molar-refractivity contribution in [3.05, 3.63) is 59.4 Å². The third kappa shape index (κ3) is 2.84. The summed E-state index contributed by atoms with van der Waals surface area (Å²) in [5.41, 5.74) is 2.69. The fraction of sp³-hybridized carbons (Fsp3) is 0.348. The van der Waals surface area contributed by atoms with E-state index in [-0.39, 0.29) is 34.6 Å². The summed E-state index contributed by atoms with van der Waals surface area (Å²) in [7, 11) is 1.40. The topological polar surface area (TPSA) is 42.1 Å². The molecule has 0 saturated heterocycles. The van der Waals surface area contributed by atoms with Crippen molar-refractivity contribution >= 4 is 16.9 Å². The van der Waals surface area contributed by atoms with Crippen molar-refractivity contribution in [2.45, 2.75) is 31.6 Å². The number of hydrogen-bond donors (Lipinski definition) is 1. The molecule has 2 aliphatic rings.